The molecule has 2 amide bonds. The molecule has 1 aliphatic heterocycles. The number of halogens is 1. The molecule has 37 heavy (non-hydrogen) atoms. The minimum absolute atomic E-state index is 0.0100. The van der Waals surface area contributed by atoms with Crippen molar-refractivity contribution in [2.45, 2.75) is 31.6 Å². The lowest BCUT2D eigenvalue weighted by molar-refractivity contribution is -0.123. The molecular weight excluding hydrogens is 507 g/mol. The molecule has 0 bridgehead atoms. The van der Waals surface area contributed by atoms with Gasteiger partial charge in [-0.1, -0.05) is 43.3 Å². The number of nitrogens with zero attached hydrogens (tertiary/aromatic N) is 3. The van der Waals surface area contributed by atoms with Crippen molar-refractivity contribution in [2.24, 2.45) is 0 Å². The Bertz CT molecular complexity index is 1390. The number of hydrogen-bond acceptors (Lipinski definition) is 5. The van der Waals surface area contributed by atoms with Gasteiger partial charge in [-0.2, -0.15) is 5.10 Å². The molecule has 190 valence electrons. The predicted molar refractivity (Wildman–Crippen MR) is 148 cm³/mol. The summed E-state index contributed by atoms with van der Waals surface area (Å²) in [5, 5.41) is 9.83. The molecular formula is C28H27FN4O2S2. The number of thiophene rings is 1. The number of hydrogen-bond donors (Lipinski definition) is 1. The molecule has 2 aromatic heterocycles. The average Bonchev–Trinajstić information content (AvgIpc) is 3.55. The first-order valence-corrected chi connectivity index (χ1v) is 14.1. The van der Waals surface area contributed by atoms with Gasteiger partial charge in [-0.05, 0) is 49.1 Å². The van der Waals surface area contributed by atoms with Crippen molar-refractivity contribution >= 4 is 40.7 Å². The topological polar surface area (TPSA) is 67.2 Å². The van der Waals surface area contributed by atoms with Crippen molar-refractivity contribution in [1.82, 2.24) is 15.1 Å². The van der Waals surface area contributed by atoms with E-state index in [1.807, 2.05) is 55.6 Å². The highest BCUT2D eigenvalue weighted by Crippen LogP contribution is 2.49. The maximum atomic E-state index is 13.8. The summed E-state index contributed by atoms with van der Waals surface area (Å²) in [6.45, 7) is 3.81. The summed E-state index contributed by atoms with van der Waals surface area (Å²) in [4.78, 5) is 29.3. The number of nitrogens with one attached hydrogen (secondary N) is 1. The molecule has 3 heterocycles. The van der Waals surface area contributed by atoms with Crippen LogP contribution >= 0.6 is 23.1 Å². The van der Waals surface area contributed by atoms with Gasteiger partial charge in [0.25, 0.3) is 0 Å². The number of anilines is 1. The fraction of sp³-hybridized carbons (Fsp3) is 0.250. The zero-order valence-corrected chi connectivity index (χ0v) is 22.2. The third-order valence-corrected chi connectivity index (χ3v) is 8.65. The third-order valence-electron chi connectivity index (χ3n) is 6.33. The number of carbonyl (C=O) groups excluding carboxylic acids is 2. The maximum Gasteiger partial charge on any atom is 0.240 e. The number of rotatable bonds is 7. The van der Waals surface area contributed by atoms with E-state index in [0.29, 0.717) is 11.5 Å². The van der Waals surface area contributed by atoms with Crippen LogP contribution in [0.25, 0.3) is 16.9 Å². The summed E-state index contributed by atoms with van der Waals surface area (Å²) in [6.07, 6.45) is 0.785. The van der Waals surface area contributed by atoms with E-state index in [4.69, 9.17) is 5.10 Å². The highest BCUT2D eigenvalue weighted by molar-refractivity contribution is 8.00. The summed E-state index contributed by atoms with van der Waals surface area (Å²) < 4.78 is 15.5. The first-order valence-electron chi connectivity index (χ1n) is 12.1. The first kappa shape index (κ1) is 25.2. The molecule has 0 aliphatic carbocycles. The summed E-state index contributed by atoms with van der Waals surface area (Å²) in [6, 6.07) is 19.9. The van der Waals surface area contributed by atoms with E-state index in [9.17, 15) is 14.0 Å². The average molecular weight is 535 g/mol. The monoisotopic (exact) mass is 534 g/mol. The van der Waals surface area contributed by atoms with Crippen LogP contribution in [0, 0.1) is 5.82 Å². The van der Waals surface area contributed by atoms with Crippen LogP contribution in [0.15, 0.2) is 72.1 Å². The van der Waals surface area contributed by atoms with Gasteiger partial charge in [0.05, 0.1) is 22.4 Å². The summed E-state index contributed by atoms with van der Waals surface area (Å²) >= 11 is 3.16. The zero-order valence-electron chi connectivity index (χ0n) is 20.6. The number of aromatic nitrogens is 2. The summed E-state index contributed by atoms with van der Waals surface area (Å²) in [7, 11) is 0. The maximum absolute atomic E-state index is 13.8. The Labute approximate surface area is 223 Å². The first-order chi connectivity index (χ1) is 18.0. The Morgan fingerprint density at radius 1 is 1.14 bits per heavy atom. The second kappa shape index (κ2) is 10.9. The van der Waals surface area contributed by atoms with Crippen LogP contribution in [-0.2, 0) is 9.59 Å². The molecule has 6 nitrogen and oxygen atoms in total. The van der Waals surface area contributed by atoms with Crippen molar-refractivity contribution in [3.8, 4) is 16.9 Å². The fourth-order valence-corrected chi connectivity index (χ4v) is 6.50. The second-order valence-corrected chi connectivity index (χ2v) is 11.0. The van der Waals surface area contributed by atoms with Gasteiger partial charge in [-0.15, -0.1) is 23.1 Å². The Morgan fingerprint density at radius 3 is 2.57 bits per heavy atom. The Kier molecular flexibility index (Phi) is 7.43. The number of thioether (sulfide) groups is 1. The Morgan fingerprint density at radius 2 is 1.89 bits per heavy atom. The SMILES string of the molecule is CC[C@H](C)NC(=O)CN1C(=O)CS[C@@H](c2cccs2)c2c(-c3ccccc3)nn(-c3ccc(F)cc3)c21. The quantitative estimate of drug-likeness (QED) is 0.324. The van der Waals surface area contributed by atoms with Crippen LogP contribution in [0.1, 0.15) is 36.0 Å². The number of carbonyl (C=O) groups is 2. The van der Waals surface area contributed by atoms with Crippen LogP contribution in [0.5, 0.6) is 0 Å². The van der Waals surface area contributed by atoms with Gasteiger partial charge in [0.15, 0.2) is 0 Å². The van der Waals surface area contributed by atoms with Crippen LogP contribution in [0.2, 0.25) is 0 Å². The fourth-order valence-electron chi connectivity index (χ4n) is 4.32. The lowest BCUT2D eigenvalue weighted by Gasteiger charge is -2.24. The molecule has 0 saturated carbocycles. The third kappa shape index (κ3) is 5.19. The van der Waals surface area contributed by atoms with Gasteiger partial charge in [0, 0.05) is 22.0 Å². The molecule has 1 N–H and O–H groups in total. The summed E-state index contributed by atoms with van der Waals surface area (Å²) in [5.41, 5.74) is 3.11. The molecule has 9 heteroatoms. The summed E-state index contributed by atoms with van der Waals surface area (Å²) in [5.74, 6) is -0.0176. The van der Waals surface area contributed by atoms with Gasteiger partial charge in [0.1, 0.15) is 18.2 Å². The van der Waals surface area contributed by atoms with Crippen molar-refractivity contribution < 1.29 is 14.0 Å². The van der Waals surface area contributed by atoms with Crippen LogP contribution in [-0.4, -0.2) is 39.9 Å². The zero-order chi connectivity index (χ0) is 25.9. The number of fused-ring (bicyclic) bond motifs is 1. The highest BCUT2D eigenvalue weighted by atomic mass is 32.2. The van der Waals surface area contributed by atoms with E-state index in [1.165, 1.54) is 28.8 Å². The smallest absolute Gasteiger partial charge is 0.240 e. The van der Waals surface area contributed by atoms with Gasteiger partial charge in [0.2, 0.25) is 11.8 Å². The second-order valence-electron chi connectivity index (χ2n) is 8.90. The minimum Gasteiger partial charge on any atom is -0.352 e. The largest absolute Gasteiger partial charge is 0.352 e. The molecule has 4 aromatic rings. The van der Waals surface area contributed by atoms with E-state index >= 15 is 0 Å². The van der Waals surface area contributed by atoms with Crippen molar-refractivity contribution in [2.75, 3.05) is 17.2 Å². The Hall–Kier alpha value is -3.43. The van der Waals surface area contributed by atoms with Crippen molar-refractivity contribution in [1.29, 1.82) is 0 Å². The molecule has 1 aliphatic rings. The Balaban J connectivity index is 1.75. The van der Waals surface area contributed by atoms with Crippen LogP contribution < -0.4 is 10.2 Å². The van der Waals surface area contributed by atoms with E-state index in [1.54, 1.807) is 28.2 Å². The normalized spacial score (nSPS) is 16.2. The van der Waals surface area contributed by atoms with Gasteiger partial charge in [-0.25, -0.2) is 9.07 Å². The predicted octanol–water partition coefficient (Wildman–Crippen LogP) is 5.82. The molecule has 0 radical (unpaired) electrons. The van der Waals surface area contributed by atoms with E-state index in [-0.39, 0.29) is 41.2 Å². The molecule has 2 atom stereocenters. The van der Waals surface area contributed by atoms with Gasteiger partial charge >= 0.3 is 0 Å². The number of amides is 2. The van der Waals surface area contributed by atoms with E-state index in [2.05, 4.69) is 11.4 Å². The number of benzene rings is 2. The molecule has 0 fully saturated rings. The van der Waals surface area contributed by atoms with E-state index in [0.717, 1.165) is 28.1 Å². The molecule has 0 unspecified atom stereocenters. The molecule has 0 saturated heterocycles. The van der Waals surface area contributed by atoms with Gasteiger partial charge < -0.3 is 5.32 Å². The highest BCUT2D eigenvalue weighted by Gasteiger charge is 2.38. The lowest BCUT2D eigenvalue weighted by Crippen LogP contribution is -2.44. The molecule has 0 spiro atoms. The lowest BCUT2D eigenvalue weighted by atomic mass is 10.0. The van der Waals surface area contributed by atoms with Gasteiger partial charge in [-0.3, -0.25) is 14.5 Å². The van der Waals surface area contributed by atoms with Crippen LogP contribution in [0.4, 0.5) is 10.2 Å². The molecule has 5 rings (SSSR count). The van der Waals surface area contributed by atoms with E-state index < -0.39 is 0 Å². The molecule has 2 aromatic carbocycles. The minimum atomic E-state index is -0.363. The van der Waals surface area contributed by atoms with Crippen molar-refractivity contribution in [3.63, 3.8) is 0 Å². The van der Waals surface area contributed by atoms with Crippen LogP contribution in [0.3, 0.4) is 0 Å². The standard InChI is InChI=1S/C28H27FN4O2S2/c1-3-18(2)30-23(34)16-32-24(35)17-37-27(22-10-7-15-36-22)25-26(19-8-5-4-6-9-19)31-33(28(25)32)21-13-11-20(29)12-14-21/h4-15,18,27H,3,16-17H2,1-2H3,(H,30,34)/t18-,27-/m0/s1. The van der Waals surface area contributed by atoms with Crippen molar-refractivity contribution in [3.05, 3.63) is 88.4 Å².